The average Bonchev–Trinajstić information content (AvgIpc) is 3.85. The number of hydrogen-bond donors (Lipinski definition) is 0. The molecule has 0 fully saturated rings. The van der Waals surface area contributed by atoms with Crippen molar-refractivity contribution in [1.82, 2.24) is 9.55 Å². The number of nitrogens with zero attached hydrogens (tertiary/aromatic N) is 4. The van der Waals surface area contributed by atoms with Gasteiger partial charge in [0.05, 0.1) is 22.4 Å². The van der Waals surface area contributed by atoms with E-state index >= 15 is 0 Å². The molecule has 9 aromatic rings. The van der Waals surface area contributed by atoms with Crippen LogP contribution in [-0.2, 0) is 16.2 Å². The molecule has 0 bridgehead atoms. The zero-order valence-electron chi connectivity index (χ0n) is 38.2. The Balaban J connectivity index is 1.05. The van der Waals surface area contributed by atoms with E-state index in [0.717, 1.165) is 45.1 Å². The van der Waals surface area contributed by atoms with Crippen LogP contribution in [0.2, 0.25) is 0 Å². The highest BCUT2D eigenvalue weighted by Crippen LogP contribution is 2.47. The predicted molar refractivity (Wildman–Crippen MR) is 269 cm³/mol. The van der Waals surface area contributed by atoms with Crippen molar-refractivity contribution in [2.45, 2.75) is 71.6 Å². The van der Waals surface area contributed by atoms with E-state index in [4.69, 9.17) is 9.72 Å². The lowest BCUT2D eigenvalue weighted by atomic mass is 9.78. The van der Waals surface area contributed by atoms with Gasteiger partial charge in [-0.15, -0.1) is 0 Å². The molecular weight excluding hydrogens is 781 g/mol. The molecule has 5 nitrogen and oxygen atoms in total. The summed E-state index contributed by atoms with van der Waals surface area (Å²) in [6.45, 7) is 18.8. The smallest absolute Gasteiger partial charge is 0.137 e. The first-order valence-corrected chi connectivity index (χ1v) is 22.5. The van der Waals surface area contributed by atoms with E-state index in [1.165, 1.54) is 50.1 Å². The van der Waals surface area contributed by atoms with Gasteiger partial charge in [-0.05, 0) is 117 Å². The van der Waals surface area contributed by atoms with Gasteiger partial charge in [0, 0.05) is 45.9 Å². The molecule has 10 rings (SSSR count). The lowest BCUT2D eigenvalue weighted by Crippen LogP contribution is -2.25. The van der Waals surface area contributed by atoms with Crippen LogP contribution in [0.5, 0.6) is 11.5 Å². The molecule has 7 aromatic carbocycles. The van der Waals surface area contributed by atoms with Crippen LogP contribution in [0, 0.1) is 0 Å². The van der Waals surface area contributed by atoms with E-state index < -0.39 is 0 Å². The zero-order valence-corrected chi connectivity index (χ0v) is 38.2. The number of fused-ring (bicyclic) bond motifs is 4. The van der Waals surface area contributed by atoms with E-state index in [1.54, 1.807) is 0 Å². The van der Waals surface area contributed by atoms with Crippen LogP contribution in [0.4, 0.5) is 22.7 Å². The van der Waals surface area contributed by atoms with Crippen LogP contribution < -0.4 is 14.5 Å². The van der Waals surface area contributed by atoms with E-state index in [2.05, 4.69) is 246 Å². The van der Waals surface area contributed by atoms with Gasteiger partial charge in [-0.3, -0.25) is 4.57 Å². The predicted octanol–water partition coefficient (Wildman–Crippen LogP) is 15.8. The number of pyridine rings is 1. The van der Waals surface area contributed by atoms with Crippen molar-refractivity contribution in [1.29, 1.82) is 0 Å². The fraction of sp³-hybridized carbons (Fsp3) is 0.203. The third kappa shape index (κ3) is 7.49. The summed E-state index contributed by atoms with van der Waals surface area (Å²) in [5.74, 6) is 2.46. The van der Waals surface area contributed by atoms with Crippen LogP contribution in [0.1, 0.15) is 77.6 Å². The summed E-state index contributed by atoms with van der Waals surface area (Å²) in [5.41, 5.74) is 13.8. The van der Waals surface area contributed by atoms with E-state index in [-0.39, 0.29) is 16.2 Å². The minimum Gasteiger partial charge on any atom is -0.457 e. The normalized spacial score (nSPS) is 13.2. The monoisotopic (exact) mass is 836 g/mol. The molecule has 64 heavy (non-hydrogen) atoms. The molecule has 0 radical (unpaired) electrons. The first-order chi connectivity index (χ1) is 30.7. The van der Waals surface area contributed by atoms with Crippen molar-refractivity contribution in [3.05, 3.63) is 204 Å². The van der Waals surface area contributed by atoms with Gasteiger partial charge in [0.15, 0.2) is 0 Å². The second-order valence-corrected chi connectivity index (χ2v) is 19.9. The molecule has 1 aliphatic rings. The summed E-state index contributed by atoms with van der Waals surface area (Å²) < 4.78 is 9.30. The van der Waals surface area contributed by atoms with Gasteiger partial charge in [0.25, 0.3) is 0 Å². The third-order valence-corrected chi connectivity index (χ3v) is 13.1. The largest absolute Gasteiger partial charge is 0.457 e. The lowest BCUT2D eigenvalue weighted by molar-refractivity contribution is 0.479. The number of para-hydroxylation sites is 2. The van der Waals surface area contributed by atoms with Crippen molar-refractivity contribution in [2.24, 2.45) is 0 Å². The number of hydrogen-bond acceptors (Lipinski definition) is 4. The standard InChI is InChI=1S/C59H56N4O/c1-57(2,3)43-30-31-60-56(36-43)63-52-29-26-41(40-18-11-9-12-19-40)32-51(52)50-28-27-48(38-55(50)63)64-49-35-45(58(4,5)6)34-47(37-49)62-39-61(53-24-15-16-25-54(53)62)46-23-17-22-44(33-46)59(7,8)42-20-13-10-14-21-42/h9-38H,39H2,1-8H3. The van der Waals surface area contributed by atoms with Crippen LogP contribution in [0.15, 0.2) is 182 Å². The maximum Gasteiger partial charge on any atom is 0.137 e. The van der Waals surface area contributed by atoms with Crippen LogP contribution in [-0.4, -0.2) is 16.2 Å². The van der Waals surface area contributed by atoms with Crippen molar-refractivity contribution in [3.8, 4) is 28.4 Å². The fourth-order valence-corrected chi connectivity index (χ4v) is 9.24. The molecule has 0 spiro atoms. The molecule has 0 atom stereocenters. The Hall–Kier alpha value is -7.11. The molecule has 3 heterocycles. The van der Waals surface area contributed by atoms with Crippen molar-refractivity contribution >= 4 is 44.6 Å². The highest BCUT2D eigenvalue weighted by molar-refractivity contribution is 6.10. The highest BCUT2D eigenvalue weighted by atomic mass is 16.5. The van der Waals surface area contributed by atoms with Gasteiger partial charge >= 0.3 is 0 Å². The molecule has 1 aliphatic heterocycles. The molecule has 0 saturated carbocycles. The first-order valence-electron chi connectivity index (χ1n) is 22.5. The molecule has 0 aliphatic carbocycles. The summed E-state index contributed by atoms with van der Waals surface area (Å²) in [6.07, 6.45) is 1.94. The Kier molecular flexibility index (Phi) is 9.98. The SMILES string of the molecule is CC(C)(C)c1cc(Oc2ccc3c4cc(-c5ccccc5)ccc4n(-c4cc(C(C)(C)C)ccn4)c3c2)cc(N2CN(c3cccc(C(C)(C)c4ccccc4)c3)c3ccccc32)c1. The van der Waals surface area contributed by atoms with Gasteiger partial charge in [0.1, 0.15) is 24.0 Å². The number of rotatable bonds is 8. The summed E-state index contributed by atoms with van der Waals surface area (Å²) in [7, 11) is 0. The van der Waals surface area contributed by atoms with Gasteiger partial charge in [-0.25, -0.2) is 4.98 Å². The van der Waals surface area contributed by atoms with Gasteiger partial charge < -0.3 is 14.5 Å². The van der Waals surface area contributed by atoms with Gasteiger partial charge in [-0.2, -0.15) is 0 Å². The molecule has 0 saturated heterocycles. The minimum atomic E-state index is -0.154. The molecule has 0 N–H and O–H groups in total. The maximum atomic E-state index is 7.00. The van der Waals surface area contributed by atoms with Crippen LogP contribution in [0.3, 0.4) is 0 Å². The molecule has 0 amide bonds. The number of ether oxygens (including phenoxy) is 1. The Morgan fingerprint density at radius 3 is 1.81 bits per heavy atom. The van der Waals surface area contributed by atoms with Gasteiger partial charge in [0.2, 0.25) is 0 Å². The minimum absolute atomic E-state index is 0.0306. The molecule has 2 aromatic heterocycles. The third-order valence-electron chi connectivity index (χ3n) is 13.1. The van der Waals surface area contributed by atoms with Crippen molar-refractivity contribution < 1.29 is 4.74 Å². The molecular formula is C59H56N4O. The number of aromatic nitrogens is 2. The van der Waals surface area contributed by atoms with E-state index in [9.17, 15) is 0 Å². The first kappa shape index (κ1) is 40.9. The van der Waals surface area contributed by atoms with E-state index in [1.807, 2.05) is 6.20 Å². The summed E-state index contributed by atoms with van der Waals surface area (Å²) >= 11 is 0. The average molecular weight is 837 g/mol. The number of benzene rings is 7. The molecule has 318 valence electrons. The zero-order chi connectivity index (χ0) is 44.4. The topological polar surface area (TPSA) is 33.5 Å². The Morgan fingerprint density at radius 1 is 0.438 bits per heavy atom. The molecule has 5 heteroatoms. The summed E-state index contributed by atoms with van der Waals surface area (Å²) in [6, 6.07) is 63.6. The van der Waals surface area contributed by atoms with Crippen molar-refractivity contribution in [2.75, 3.05) is 16.5 Å². The molecule has 0 unspecified atom stereocenters. The van der Waals surface area contributed by atoms with Crippen LogP contribution >= 0.6 is 0 Å². The van der Waals surface area contributed by atoms with Gasteiger partial charge in [-0.1, -0.05) is 146 Å². The Morgan fingerprint density at radius 2 is 1.09 bits per heavy atom. The van der Waals surface area contributed by atoms with Crippen molar-refractivity contribution in [3.63, 3.8) is 0 Å². The Bertz CT molecular complexity index is 3170. The second-order valence-electron chi connectivity index (χ2n) is 19.9. The summed E-state index contributed by atoms with van der Waals surface area (Å²) in [5, 5.41) is 2.33. The maximum absolute atomic E-state index is 7.00. The highest BCUT2D eigenvalue weighted by Gasteiger charge is 2.31. The van der Waals surface area contributed by atoms with E-state index in [0.29, 0.717) is 6.67 Å². The summed E-state index contributed by atoms with van der Waals surface area (Å²) in [4.78, 5) is 9.83. The Labute approximate surface area is 378 Å². The fourth-order valence-electron chi connectivity index (χ4n) is 9.24. The quantitative estimate of drug-likeness (QED) is 0.153. The lowest BCUT2D eigenvalue weighted by Gasteiger charge is -2.29. The second kappa shape index (κ2) is 15.6. The number of anilines is 4. The van der Waals surface area contributed by atoms with Crippen LogP contribution in [0.25, 0.3) is 38.8 Å².